The molecule has 132 valence electrons. The Hall–Kier alpha value is -3.55. The van der Waals surface area contributed by atoms with Crippen LogP contribution >= 0.6 is 0 Å². The van der Waals surface area contributed by atoms with E-state index in [9.17, 15) is 23.6 Å². The summed E-state index contributed by atoms with van der Waals surface area (Å²) in [6, 6.07) is 11.3. The summed E-state index contributed by atoms with van der Waals surface area (Å²) < 4.78 is 14.0. The van der Waals surface area contributed by atoms with E-state index in [2.05, 4.69) is 0 Å². The first-order valence-electron chi connectivity index (χ1n) is 7.62. The SMILES string of the molecule is O=C(O)CN(C(=O)CN1C(=O)c2ccccc2C1=O)c1ccccc1F. The number of hydrogen-bond acceptors (Lipinski definition) is 4. The molecule has 8 heteroatoms. The van der Waals surface area contributed by atoms with Crippen LogP contribution in [0.3, 0.4) is 0 Å². The van der Waals surface area contributed by atoms with E-state index >= 15 is 0 Å². The number of para-hydroxylation sites is 1. The molecule has 1 aliphatic rings. The molecule has 0 unspecified atom stereocenters. The van der Waals surface area contributed by atoms with Gasteiger partial charge in [0.15, 0.2) is 0 Å². The highest BCUT2D eigenvalue weighted by atomic mass is 19.1. The Kier molecular flexibility index (Phi) is 4.49. The number of benzene rings is 2. The van der Waals surface area contributed by atoms with Crippen molar-refractivity contribution < 1.29 is 28.7 Å². The molecule has 0 aromatic heterocycles. The van der Waals surface area contributed by atoms with Crippen molar-refractivity contribution in [3.63, 3.8) is 0 Å². The highest BCUT2D eigenvalue weighted by molar-refractivity contribution is 6.22. The molecular weight excluding hydrogens is 343 g/mol. The highest BCUT2D eigenvalue weighted by Crippen LogP contribution is 2.24. The number of amides is 3. The van der Waals surface area contributed by atoms with E-state index in [4.69, 9.17) is 5.11 Å². The van der Waals surface area contributed by atoms with Crippen LogP contribution in [-0.2, 0) is 9.59 Å². The summed E-state index contributed by atoms with van der Waals surface area (Å²) in [5.41, 5.74) is 0.0958. The lowest BCUT2D eigenvalue weighted by Crippen LogP contribution is -2.45. The third-order valence-electron chi connectivity index (χ3n) is 3.91. The zero-order valence-corrected chi connectivity index (χ0v) is 13.4. The van der Waals surface area contributed by atoms with Gasteiger partial charge in [-0.2, -0.15) is 0 Å². The highest BCUT2D eigenvalue weighted by Gasteiger charge is 2.37. The van der Waals surface area contributed by atoms with Gasteiger partial charge in [-0.25, -0.2) is 4.39 Å². The molecule has 2 aromatic rings. The number of carbonyl (C=O) groups is 4. The molecule has 2 aromatic carbocycles. The minimum Gasteiger partial charge on any atom is -0.480 e. The molecule has 3 rings (SSSR count). The average molecular weight is 356 g/mol. The number of hydrogen-bond donors (Lipinski definition) is 1. The summed E-state index contributed by atoms with van der Waals surface area (Å²) in [4.78, 5) is 49.7. The maximum atomic E-state index is 14.0. The Morgan fingerprint density at radius 3 is 2.04 bits per heavy atom. The molecule has 0 saturated carbocycles. The van der Waals surface area contributed by atoms with Gasteiger partial charge in [0.05, 0.1) is 16.8 Å². The summed E-state index contributed by atoms with van der Waals surface area (Å²) in [6.07, 6.45) is 0. The minimum atomic E-state index is -1.36. The van der Waals surface area contributed by atoms with E-state index in [0.29, 0.717) is 4.90 Å². The van der Waals surface area contributed by atoms with E-state index in [-0.39, 0.29) is 16.8 Å². The van der Waals surface area contributed by atoms with Crippen molar-refractivity contribution in [2.75, 3.05) is 18.0 Å². The predicted molar refractivity (Wildman–Crippen MR) is 88.2 cm³/mol. The fourth-order valence-corrected chi connectivity index (χ4v) is 2.72. The van der Waals surface area contributed by atoms with Crippen LogP contribution in [0, 0.1) is 5.82 Å². The van der Waals surface area contributed by atoms with Gasteiger partial charge in [-0.15, -0.1) is 0 Å². The van der Waals surface area contributed by atoms with Crippen molar-refractivity contribution in [1.29, 1.82) is 0 Å². The van der Waals surface area contributed by atoms with Gasteiger partial charge >= 0.3 is 5.97 Å². The monoisotopic (exact) mass is 356 g/mol. The number of nitrogens with zero attached hydrogens (tertiary/aromatic N) is 2. The van der Waals surface area contributed by atoms with Gasteiger partial charge in [-0.3, -0.25) is 29.0 Å². The molecule has 0 radical (unpaired) electrons. The van der Waals surface area contributed by atoms with Crippen molar-refractivity contribution in [3.05, 3.63) is 65.5 Å². The van der Waals surface area contributed by atoms with Gasteiger partial charge in [0.2, 0.25) is 5.91 Å². The van der Waals surface area contributed by atoms with Crippen LogP contribution in [0.25, 0.3) is 0 Å². The smallest absolute Gasteiger partial charge is 0.323 e. The second-order valence-electron chi connectivity index (χ2n) is 5.57. The maximum absolute atomic E-state index is 14.0. The molecule has 0 fully saturated rings. The zero-order valence-electron chi connectivity index (χ0n) is 13.4. The number of fused-ring (bicyclic) bond motifs is 1. The van der Waals surface area contributed by atoms with E-state index < -0.39 is 42.6 Å². The van der Waals surface area contributed by atoms with Crippen molar-refractivity contribution >= 4 is 29.4 Å². The second kappa shape index (κ2) is 6.75. The first-order chi connectivity index (χ1) is 12.4. The quantitative estimate of drug-likeness (QED) is 0.820. The lowest BCUT2D eigenvalue weighted by atomic mass is 10.1. The van der Waals surface area contributed by atoms with E-state index in [1.54, 1.807) is 12.1 Å². The standard InChI is InChI=1S/C18H13FN2O5/c19-13-7-3-4-8-14(13)20(10-16(23)24)15(22)9-21-17(25)11-5-1-2-6-12(11)18(21)26/h1-8H,9-10H2,(H,23,24). The second-order valence-corrected chi connectivity index (χ2v) is 5.57. The molecule has 0 saturated heterocycles. The number of anilines is 1. The summed E-state index contributed by atoms with van der Waals surface area (Å²) in [5, 5.41) is 9.03. The van der Waals surface area contributed by atoms with Crippen molar-refractivity contribution in [2.45, 2.75) is 0 Å². The molecule has 1 aliphatic heterocycles. The molecule has 7 nitrogen and oxygen atoms in total. The van der Waals surface area contributed by atoms with E-state index in [1.807, 2.05) is 0 Å². The van der Waals surface area contributed by atoms with Gasteiger partial charge < -0.3 is 5.11 Å². The fraction of sp³-hybridized carbons (Fsp3) is 0.111. The number of imide groups is 1. The summed E-state index contributed by atoms with van der Waals surface area (Å²) in [5.74, 6) is -4.33. The Balaban J connectivity index is 1.88. The largest absolute Gasteiger partial charge is 0.480 e. The van der Waals surface area contributed by atoms with Crippen LogP contribution in [0.5, 0.6) is 0 Å². The maximum Gasteiger partial charge on any atom is 0.323 e. The summed E-state index contributed by atoms with van der Waals surface area (Å²) in [6.45, 7) is -1.49. The molecule has 0 bridgehead atoms. The topological polar surface area (TPSA) is 95.0 Å². The lowest BCUT2D eigenvalue weighted by Gasteiger charge is -2.23. The van der Waals surface area contributed by atoms with E-state index in [0.717, 1.165) is 11.0 Å². The summed E-state index contributed by atoms with van der Waals surface area (Å²) in [7, 11) is 0. The van der Waals surface area contributed by atoms with Gasteiger partial charge in [-0.1, -0.05) is 24.3 Å². The minimum absolute atomic E-state index is 0.168. The lowest BCUT2D eigenvalue weighted by molar-refractivity contribution is -0.136. The van der Waals surface area contributed by atoms with Gasteiger partial charge in [-0.05, 0) is 24.3 Å². The Morgan fingerprint density at radius 1 is 0.962 bits per heavy atom. The first-order valence-corrected chi connectivity index (χ1v) is 7.62. The molecule has 0 spiro atoms. The van der Waals surface area contributed by atoms with Crippen LogP contribution in [0.15, 0.2) is 48.5 Å². The number of halogens is 1. The van der Waals surface area contributed by atoms with Crippen molar-refractivity contribution in [1.82, 2.24) is 4.90 Å². The van der Waals surface area contributed by atoms with Crippen LogP contribution in [-0.4, -0.2) is 46.8 Å². The molecule has 3 amide bonds. The number of carboxylic acid groups (broad SMARTS) is 1. The Morgan fingerprint density at radius 2 is 1.50 bits per heavy atom. The summed E-state index contributed by atoms with van der Waals surface area (Å²) >= 11 is 0. The van der Waals surface area contributed by atoms with Crippen LogP contribution < -0.4 is 4.90 Å². The Bertz CT molecular complexity index is 892. The molecule has 26 heavy (non-hydrogen) atoms. The molecule has 0 aliphatic carbocycles. The van der Waals surface area contributed by atoms with E-state index in [1.165, 1.54) is 30.3 Å². The van der Waals surface area contributed by atoms with Crippen molar-refractivity contribution in [2.24, 2.45) is 0 Å². The molecular formula is C18H13FN2O5. The van der Waals surface area contributed by atoms with Gasteiger partial charge in [0, 0.05) is 0 Å². The van der Waals surface area contributed by atoms with Gasteiger partial charge in [0.25, 0.3) is 11.8 Å². The first kappa shape index (κ1) is 17.3. The zero-order chi connectivity index (χ0) is 18.8. The number of carbonyl (C=O) groups excluding carboxylic acids is 3. The normalized spacial score (nSPS) is 12.9. The van der Waals surface area contributed by atoms with Crippen LogP contribution in [0.1, 0.15) is 20.7 Å². The fourth-order valence-electron chi connectivity index (χ4n) is 2.72. The van der Waals surface area contributed by atoms with Crippen LogP contribution in [0.4, 0.5) is 10.1 Å². The molecule has 1 heterocycles. The predicted octanol–water partition coefficient (Wildman–Crippen LogP) is 1.54. The van der Waals surface area contributed by atoms with Crippen molar-refractivity contribution in [3.8, 4) is 0 Å². The van der Waals surface area contributed by atoms with Gasteiger partial charge in [0.1, 0.15) is 18.9 Å². The molecule has 1 N–H and O–H groups in total. The molecule has 0 atom stereocenters. The number of aliphatic carboxylic acids is 1. The third kappa shape index (κ3) is 3.04. The van der Waals surface area contributed by atoms with Crippen LogP contribution in [0.2, 0.25) is 0 Å². The number of rotatable bonds is 5. The number of carboxylic acids is 1. The third-order valence-corrected chi connectivity index (χ3v) is 3.91. The average Bonchev–Trinajstić information content (AvgIpc) is 2.85. The Labute approximate surface area is 147 Å².